The minimum atomic E-state index is -3.39. The Labute approximate surface area is 184 Å². The molecule has 0 bridgehead atoms. The van der Waals surface area contributed by atoms with E-state index in [0.29, 0.717) is 27.7 Å². The van der Waals surface area contributed by atoms with Gasteiger partial charge in [-0.25, -0.2) is 22.5 Å². The van der Waals surface area contributed by atoms with Gasteiger partial charge in [0.15, 0.2) is 14.9 Å². The van der Waals surface area contributed by atoms with Crippen LogP contribution in [0.5, 0.6) is 0 Å². The van der Waals surface area contributed by atoms with Crippen molar-refractivity contribution in [1.82, 2.24) is 25.1 Å². The molecule has 0 radical (unpaired) electrons. The number of aromatic nitrogens is 4. The Morgan fingerprint density at radius 3 is 2.50 bits per heavy atom. The first-order valence-electron chi connectivity index (χ1n) is 9.87. The summed E-state index contributed by atoms with van der Waals surface area (Å²) in [5.74, 6) is -0.749. The van der Waals surface area contributed by atoms with Crippen molar-refractivity contribution in [3.8, 4) is 5.69 Å². The van der Waals surface area contributed by atoms with Gasteiger partial charge in [0, 0.05) is 17.8 Å². The maximum atomic E-state index is 13.2. The van der Waals surface area contributed by atoms with E-state index in [4.69, 9.17) is 0 Å². The summed E-state index contributed by atoms with van der Waals surface area (Å²) in [5.41, 5.74) is 2.24. The topological polar surface area (TPSA) is 107 Å². The normalized spacial score (nSPS) is 12.6. The van der Waals surface area contributed by atoms with E-state index < -0.39 is 15.9 Å². The maximum absolute atomic E-state index is 13.2. The average Bonchev–Trinajstić information content (AvgIpc) is 3.24. The molecule has 3 heterocycles. The molecule has 1 atom stereocenters. The summed E-state index contributed by atoms with van der Waals surface area (Å²) in [6.45, 7) is 3.33. The van der Waals surface area contributed by atoms with Crippen LogP contribution in [0, 0.1) is 5.82 Å². The minimum absolute atomic E-state index is 0.00412. The van der Waals surface area contributed by atoms with Gasteiger partial charge < -0.3 is 5.32 Å². The third kappa shape index (κ3) is 4.09. The number of nitrogens with zero attached hydrogens (tertiary/aromatic N) is 4. The standard InChI is InChI=1S/C22H20FN5O3S/c1-3-32(30,31)21-9-4-15(10-25-21)14(2)27-22(29)19-11-24-13-20-18(19)12-26-28(20)17-7-5-16(23)6-8-17/h4-14H,3H2,1-2H3,(H,27,29). The van der Waals surface area contributed by atoms with Crippen LogP contribution in [0.4, 0.5) is 4.39 Å². The quantitative estimate of drug-likeness (QED) is 0.480. The SMILES string of the molecule is CCS(=O)(=O)c1ccc(C(C)NC(=O)c2cncc3c2cnn3-c2ccc(F)cc2)cn1. The van der Waals surface area contributed by atoms with Crippen LogP contribution < -0.4 is 5.32 Å². The van der Waals surface area contributed by atoms with E-state index in [1.807, 2.05) is 0 Å². The Bertz CT molecular complexity index is 1380. The number of fused-ring (bicyclic) bond motifs is 1. The molecular formula is C22H20FN5O3S. The Balaban J connectivity index is 1.58. The molecule has 1 unspecified atom stereocenters. The number of rotatable bonds is 6. The van der Waals surface area contributed by atoms with Crippen molar-refractivity contribution in [2.75, 3.05) is 5.75 Å². The van der Waals surface area contributed by atoms with E-state index in [9.17, 15) is 17.6 Å². The molecule has 10 heteroatoms. The zero-order valence-electron chi connectivity index (χ0n) is 17.4. The van der Waals surface area contributed by atoms with Crippen molar-refractivity contribution in [3.63, 3.8) is 0 Å². The smallest absolute Gasteiger partial charge is 0.254 e. The number of carbonyl (C=O) groups excluding carboxylic acids is 1. The number of carbonyl (C=O) groups is 1. The van der Waals surface area contributed by atoms with E-state index in [1.54, 1.807) is 49.1 Å². The molecule has 0 fully saturated rings. The lowest BCUT2D eigenvalue weighted by Crippen LogP contribution is -2.27. The Morgan fingerprint density at radius 1 is 1.09 bits per heavy atom. The van der Waals surface area contributed by atoms with E-state index in [1.165, 1.54) is 30.6 Å². The number of nitrogens with one attached hydrogen (secondary N) is 1. The highest BCUT2D eigenvalue weighted by atomic mass is 32.2. The van der Waals surface area contributed by atoms with E-state index in [-0.39, 0.29) is 22.5 Å². The molecular weight excluding hydrogens is 433 g/mol. The van der Waals surface area contributed by atoms with Crippen LogP contribution >= 0.6 is 0 Å². The zero-order valence-corrected chi connectivity index (χ0v) is 18.2. The third-order valence-corrected chi connectivity index (χ3v) is 6.76. The largest absolute Gasteiger partial charge is 0.345 e. The fourth-order valence-corrected chi connectivity index (χ4v) is 4.03. The van der Waals surface area contributed by atoms with Gasteiger partial charge >= 0.3 is 0 Å². The Kier molecular flexibility index (Phi) is 5.70. The van der Waals surface area contributed by atoms with Crippen LogP contribution in [0.1, 0.15) is 35.8 Å². The minimum Gasteiger partial charge on any atom is -0.345 e. The van der Waals surface area contributed by atoms with Gasteiger partial charge in [-0.05, 0) is 42.8 Å². The average molecular weight is 453 g/mol. The van der Waals surface area contributed by atoms with Crippen molar-refractivity contribution in [3.05, 3.63) is 78.1 Å². The van der Waals surface area contributed by atoms with Crippen LogP contribution in [0.2, 0.25) is 0 Å². The zero-order chi connectivity index (χ0) is 22.9. The summed E-state index contributed by atoms with van der Waals surface area (Å²) in [4.78, 5) is 21.1. The number of hydrogen-bond acceptors (Lipinski definition) is 6. The lowest BCUT2D eigenvalue weighted by Gasteiger charge is -2.15. The maximum Gasteiger partial charge on any atom is 0.254 e. The van der Waals surface area contributed by atoms with Crippen LogP contribution in [0.25, 0.3) is 16.6 Å². The third-order valence-electron chi connectivity index (χ3n) is 5.12. The van der Waals surface area contributed by atoms with Crippen molar-refractivity contribution in [2.24, 2.45) is 0 Å². The van der Waals surface area contributed by atoms with Crippen LogP contribution in [0.3, 0.4) is 0 Å². The van der Waals surface area contributed by atoms with Gasteiger partial charge in [-0.1, -0.05) is 13.0 Å². The molecule has 4 aromatic rings. The molecule has 0 spiro atoms. The van der Waals surface area contributed by atoms with Crippen molar-refractivity contribution < 1.29 is 17.6 Å². The molecule has 0 aliphatic carbocycles. The number of amides is 1. The van der Waals surface area contributed by atoms with Crippen LogP contribution in [0.15, 0.2) is 66.2 Å². The van der Waals surface area contributed by atoms with Crippen molar-refractivity contribution in [1.29, 1.82) is 0 Å². The lowest BCUT2D eigenvalue weighted by molar-refractivity contribution is 0.0941. The number of halogens is 1. The summed E-state index contributed by atoms with van der Waals surface area (Å²) >= 11 is 0. The summed E-state index contributed by atoms with van der Waals surface area (Å²) < 4.78 is 38.7. The molecule has 164 valence electrons. The highest BCUT2D eigenvalue weighted by molar-refractivity contribution is 7.91. The fourth-order valence-electron chi connectivity index (χ4n) is 3.25. The predicted molar refractivity (Wildman–Crippen MR) is 117 cm³/mol. The second-order valence-corrected chi connectivity index (χ2v) is 9.41. The summed E-state index contributed by atoms with van der Waals surface area (Å²) in [7, 11) is -3.39. The first-order chi connectivity index (χ1) is 15.3. The monoisotopic (exact) mass is 453 g/mol. The molecule has 0 aliphatic heterocycles. The fraction of sp³-hybridized carbons (Fsp3) is 0.182. The van der Waals surface area contributed by atoms with E-state index in [2.05, 4.69) is 20.4 Å². The molecule has 8 nitrogen and oxygen atoms in total. The molecule has 1 aromatic carbocycles. The molecule has 3 aromatic heterocycles. The molecule has 1 amide bonds. The highest BCUT2D eigenvalue weighted by Crippen LogP contribution is 2.22. The van der Waals surface area contributed by atoms with Crippen LogP contribution in [-0.2, 0) is 9.84 Å². The molecule has 0 saturated heterocycles. The van der Waals surface area contributed by atoms with Gasteiger partial charge in [0.05, 0.1) is 41.0 Å². The van der Waals surface area contributed by atoms with Crippen molar-refractivity contribution >= 4 is 26.6 Å². The highest BCUT2D eigenvalue weighted by Gasteiger charge is 2.19. The van der Waals surface area contributed by atoms with Crippen molar-refractivity contribution in [2.45, 2.75) is 24.9 Å². The van der Waals surface area contributed by atoms with Gasteiger partial charge in [-0.2, -0.15) is 5.10 Å². The molecule has 0 aliphatic rings. The Morgan fingerprint density at radius 2 is 1.84 bits per heavy atom. The van der Waals surface area contributed by atoms with Crippen LogP contribution in [-0.4, -0.2) is 39.8 Å². The lowest BCUT2D eigenvalue weighted by atomic mass is 10.1. The summed E-state index contributed by atoms with van der Waals surface area (Å²) in [6, 6.07) is 8.49. The summed E-state index contributed by atoms with van der Waals surface area (Å²) in [5, 5.41) is 7.80. The number of pyridine rings is 2. The number of benzene rings is 1. The Hall–Kier alpha value is -3.66. The molecule has 4 rings (SSSR count). The van der Waals surface area contributed by atoms with Gasteiger partial charge in [0.1, 0.15) is 5.82 Å². The molecule has 0 saturated carbocycles. The number of sulfone groups is 1. The van der Waals surface area contributed by atoms with E-state index >= 15 is 0 Å². The summed E-state index contributed by atoms with van der Waals surface area (Å²) in [6.07, 6.45) is 6.05. The number of hydrogen-bond donors (Lipinski definition) is 1. The van der Waals surface area contributed by atoms with Gasteiger partial charge in [-0.3, -0.25) is 9.78 Å². The van der Waals surface area contributed by atoms with Gasteiger partial charge in [0.25, 0.3) is 5.91 Å². The van der Waals surface area contributed by atoms with E-state index in [0.717, 1.165) is 0 Å². The predicted octanol–water partition coefficient (Wildman–Crippen LogP) is 3.24. The van der Waals surface area contributed by atoms with Gasteiger partial charge in [-0.15, -0.1) is 0 Å². The first kappa shape index (κ1) is 21.6. The second-order valence-electron chi connectivity index (χ2n) is 7.18. The van der Waals surface area contributed by atoms with Gasteiger partial charge in [0.2, 0.25) is 0 Å². The second kappa shape index (κ2) is 8.46. The molecule has 32 heavy (non-hydrogen) atoms. The first-order valence-corrected chi connectivity index (χ1v) is 11.5. The molecule has 1 N–H and O–H groups in total.